The molecule has 1 nitrogen and oxygen atoms in total. The highest BCUT2D eigenvalue weighted by molar-refractivity contribution is 5.91. The van der Waals surface area contributed by atoms with Gasteiger partial charge in [0.15, 0.2) is 0 Å². The highest BCUT2D eigenvalue weighted by Crippen LogP contribution is 2.32. The van der Waals surface area contributed by atoms with Gasteiger partial charge >= 0.3 is 0 Å². The Morgan fingerprint density at radius 1 is 1.00 bits per heavy atom. The third-order valence-corrected chi connectivity index (χ3v) is 3.10. The molecule has 1 heteroatoms. The lowest BCUT2D eigenvalue weighted by Gasteiger charge is -2.22. The summed E-state index contributed by atoms with van der Waals surface area (Å²) in [5.74, 6) is 0. The van der Waals surface area contributed by atoms with Crippen LogP contribution in [0.2, 0.25) is 0 Å². The zero-order chi connectivity index (χ0) is 12.6. The predicted octanol–water partition coefficient (Wildman–Crippen LogP) is 4.32. The minimum Gasteiger partial charge on any atom is -0.192 e. The molecule has 2 rings (SSSR count). The van der Waals surface area contributed by atoms with Gasteiger partial charge in [0.1, 0.15) is 0 Å². The fourth-order valence-electron chi connectivity index (χ4n) is 2.21. The number of benzene rings is 2. The van der Waals surface area contributed by atoms with E-state index >= 15 is 0 Å². The Hall–Kier alpha value is -1.81. The molecular formula is C16H17N. The van der Waals surface area contributed by atoms with Crippen molar-refractivity contribution in [3.63, 3.8) is 0 Å². The molecule has 0 aliphatic carbocycles. The first kappa shape index (κ1) is 11.7. The fourth-order valence-corrected chi connectivity index (χ4v) is 2.21. The van der Waals surface area contributed by atoms with Crippen LogP contribution in [0.5, 0.6) is 0 Å². The average Bonchev–Trinajstić information content (AvgIpc) is 2.25. The summed E-state index contributed by atoms with van der Waals surface area (Å²) >= 11 is 0. The highest BCUT2D eigenvalue weighted by Gasteiger charge is 2.17. The third kappa shape index (κ3) is 2.03. The Bertz CT molecular complexity index is 610. The van der Waals surface area contributed by atoms with Crippen LogP contribution in [0.4, 0.5) is 0 Å². The van der Waals surface area contributed by atoms with Crippen molar-refractivity contribution in [1.82, 2.24) is 0 Å². The molecule has 0 N–H and O–H groups in total. The summed E-state index contributed by atoms with van der Waals surface area (Å²) in [4.78, 5) is 0. The van der Waals surface area contributed by atoms with Crippen molar-refractivity contribution in [3.8, 4) is 6.07 Å². The molecule has 0 fully saturated rings. The van der Waals surface area contributed by atoms with Crippen molar-refractivity contribution in [1.29, 1.82) is 5.26 Å². The number of aryl methyl sites for hydroxylation is 1. The maximum absolute atomic E-state index is 9.15. The molecule has 0 bridgehead atoms. The Morgan fingerprint density at radius 3 is 2.29 bits per heavy atom. The average molecular weight is 223 g/mol. The van der Waals surface area contributed by atoms with Gasteiger partial charge < -0.3 is 0 Å². The molecule has 0 saturated carbocycles. The topological polar surface area (TPSA) is 23.8 Å². The molecule has 0 aliphatic heterocycles. The number of nitrogens with zero attached hydrogens (tertiary/aromatic N) is 1. The van der Waals surface area contributed by atoms with Crippen molar-refractivity contribution >= 4 is 10.8 Å². The standard InChI is InChI=1S/C16H17N/c1-11-5-7-13-12(10-17)6-8-15(14(13)9-11)16(2,3)4/h5-9H,1-4H3. The molecule has 0 heterocycles. The maximum Gasteiger partial charge on any atom is 0.0998 e. The molecule has 2 aromatic rings. The van der Waals surface area contributed by atoms with Gasteiger partial charge in [0.2, 0.25) is 0 Å². The van der Waals surface area contributed by atoms with Crippen LogP contribution in [-0.4, -0.2) is 0 Å². The molecule has 0 aromatic heterocycles. The van der Waals surface area contributed by atoms with Crippen LogP contribution in [0.25, 0.3) is 10.8 Å². The molecule has 17 heavy (non-hydrogen) atoms. The minimum atomic E-state index is 0.0973. The van der Waals surface area contributed by atoms with Crippen LogP contribution in [-0.2, 0) is 5.41 Å². The Balaban J connectivity index is 2.90. The van der Waals surface area contributed by atoms with Gasteiger partial charge in [0.25, 0.3) is 0 Å². The van der Waals surface area contributed by atoms with E-state index in [9.17, 15) is 0 Å². The fraction of sp³-hybridized carbons (Fsp3) is 0.312. The van der Waals surface area contributed by atoms with Gasteiger partial charge in [0, 0.05) is 0 Å². The van der Waals surface area contributed by atoms with E-state index in [2.05, 4.69) is 58.0 Å². The molecule has 0 spiro atoms. The molecule has 0 unspecified atom stereocenters. The second kappa shape index (κ2) is 3.89. The summed E-state index contributed by atoms with van der Waals surface area (Å²) in [6, 6.07) is 12.6. The smallest absolute Gasteiger partial charge is 0.0998 e. The van der Waals surface area contributed by atoms with Crippen molar-refractivity contribution in [2.45, 2.75) is 33.1 Å². The summed E-state index contributed by atoms with van der Waals surface area (Å²) in [7, 11) is 0. The first-order valence-electron chi connectivity index (χ1n) is 5.87. The van der Waals surface area contributed by atoms with Crippen molar-refractivity contribution in [2.75, 3.05) is 0 Å². The Kier molecular flexibility index (Phi) is 2.67. The summed E-state index contributed by atoms with van der Waals surface area (Å²) in [6.07, 6.45) is 0. The summed E-state index contributed by atoms with van der Waals surface area (Å²) in [5, 5.41) is 11.4. The second-order valence-corrected chi connectivity index (χ2v) is 5.57. The van der Waals surface area contributed by atoms with Gasteiger partial charge in [-0.25, -0.2) is 0 Å². The molecular weight excluding hydrogens is 206 g/mol. The van der Waals surface area contributed by atoms with Crippen LogP contribution in [0, 0.1) is 18.3 Å². The number of fused-ring (bicyclic) bond motifs is 1. The number of hydrogen-bond acceptors (Lipinski definition) is 1. The lowest BCUT2D eigenvalue weighted by molar-refractivity contribution is 0.596. The lowest BCUT2D eigenvalue weighted by atomic mass is 9.82. The lowest BCUT2D eigenvalue weighted by Crippen LogP contribution is -2.11. The quantitative estimate of drug-likeness (QED) is 0.652. The highest BCUT2D eigenvalue weighted by atomic mass is 14.3. The normalized spacial score (nSPS) is 11.5. The van der Waals surface area contributed by atoms with Crippen LogP contribution >= 0.6 is 0 Å². The van der Waals surface area contributed by atoms with E-state index in [1.807, 2.05) is 6.07 Å². The largest absolute Gasteiger partial charge is 0.192 e. The number of hydrogen-bond donors (Lipinski definition) is 0. The van der Waals surface area contributed by atoms with Crippen LogP contribution in [0.15, 0.2) is 30.3 Å². The van der Waals surface area contributed by atoms with Crippen molar-refractivity contribution in [2.24, 2.45) is 0 Å². The van der Waals surface area contributed by atoms with Gasteiger partial charge in [-0.1, -0.05) is 50.6 Å². The number of nitriles is 1. The van der Waals surface area contributed by atoms with Gasteiger partial charge in [-0.05, 0) is 34.7 Å². The molecule has 2 aromatic carbocycles. The first-order valence-corrected chi connectivity index (χ1v) is 5.87. The first-order chi connectivity index (χ1) is 7.93. The summed E-state index contributed by atoms with van der Waals surface area (Å²) in [5.41, 5.74) is 3.39. The van der Waals surface area contributed by atoms with E-state index in [0.717, 1.165) is 10.9 Å². The van der Waals surface area contributed by atoms with E-state index in [1.54, 1.807) is 0 Å². The Morgan fingerprint density at radius 2 is 1.71 bits per heavy atom. The van der Waals surface area contributed by atoms with E-state index in [4.69, 9.17) is 5.26 Å². The zero-order valence-electron chi connectivity index (χ0n) is 10.8. The van der Waals surface area contributed by atoms with Crippen molar-refractivity contribution in [3.05, 3.63) is 47.0 Å². The molecule has 0 radical (unpaired) electrons. The van der Waals surface area contributed by atoms with E-state index in [0.29, 0.717) is 0 Å². The summed E-state index contributed by atoms with van der Waals surface area (Å²) < 4.78 is 0. The maximum atomic E-state index is 9.15. The zero-order valence-corrected chi connectivity index (χ0v) is 10.8. The third-order valence-electron chi connectivity index (χ3n) is 3.10. The molecule has 0 aliphatic rings. The molecule has 0 saturated heterocycles. The van der Waals surface area contributed by atoms with E-state index in [1.165, 1.54) is 16.5 Å². The van der Waals surface area contributed by atoms with E-state index < -0.39 is 0 Å². The van der Waals surface area contributed by atoms with Gasteiger partial charge in [0.05, 0.1) is 11.6 Å². The summed E-state index contributed by atoms with van der Waals surface area (Å²) in [6.45, 7) is 8.70. The van der Waals surface area contributed by atoms with Crippen LogP contribution in [0.1, 0.15) is 37.5 Å². The number of rotatable bonds is 0. The molecule has 0 atom stereocenters. The van der Waals surface area contributed by atoms with Crippen LogP contribution in [0.3, 0.4) is 0 Å². The van der Waals surface area contributed by atoms with Crippen LogP contribution < -0.4 is 0 Å². The second-order valence-electron chi connectivity index (χ2n) is 5.57. The SMILES string of the molecule is Cc1ccc2c(C#N)ccc(C(C)(C)C)c2c1. The van der Waals surface area contributed by atoms with E-state index in [-0.39, 0.29) is 5.41 Å². The van der Waals surface area contributed by atoms with Gasteiger partial charge in [-0.15, -0.1) is 0 Å². The minimum absolute atomic E-state index is 0.0973. The van der Waals surface area contributed by atoms with Crippen molar-refractivity contribution < 1.29 is 0 Å². The monoisotopic (exact) mass is 223 g/mol. The molecule has 86 valence electrons. The van der Waals surface area contributed by atoms with Gasteiger partial charge in [-0.2, -0.15) is 5.26 Å². The Labute approximate surface area is 103 Å². The molecule has 0 amide bonds. The predicted molar refractivity (Wildman–Crippen MR) is 72.1 cm³/mol. The van der Waals surface area contributed by atoms with Gasteiger partial charge in [-0.3, -0.25) is 0 Å².